The van der Waals surface area contributed by atoms with Crippen molar-refractivity contribution in [2.45, 2.75) is 6.10 Å². The number of nitrogen functional groups attached to an aromatic ring is 1. The molecule has 1 atom stereocenters. The molecule has 1 saturated heterocycles. The first-order valence-corrected chi connectivity index (χ1v) is 7.19. The van der Waals surface area contributed by atoms with E-state index in [9.17, 15) is 9.59 Å². The van der Waals surface area contributed by atoms with Crippen LogP contribution in [-0.2, 0) is 4.74 Å². The highest BCUT2D eigenvalue weighted by Crippen LogP contribution is 2.26. The van der Waals surface area contributed by atoms with E-state index >= 15 is 0 Å². The third-order valence-electron chi connectivity index (χ3n) is 3.42. The molecule has 1 amide bonds. The maximum absolute atomic E-state index is 12.6. The number of nitrogens with zero attached hydrogens (tertiary/aromatic N) is 4. The monoisotopic (exact) mass is 369 g/mol. The smallest absolute Gasteiger partial charge is 0.407 e. The molecule has 3 rings (SSSR count). The molecule has 2 aromatic rings. The minimum atomic E-state index is -1.08. The van der Waals surface area contributed by atoms with Crippen LogP contribution in [0.15, 0.2) is 16.9 Å². The van der Waals surface area contributed by atoms with E-state index in [0.29, 0.717) is 9.99 Å². The largest absolute Gasteiger partial charge is 0.465 e. The zero-order valence-corrected chi connectivity index (χ0v) is 12.9. The topological polar surface area (TPSA) is 123 Å². The molecule has 1 aliphatic rings. The number of carboxylic acid groups (broad SMARTS) is 1. The maximum atomic E-state index is 12.6. The molecule has 9 nitrogen and oxygen atoms in total. The van der Waals surface area contributed by atoms with Crippen molar-refractivity contribution in [1.29, 1.82) is 0 Å². The van der Waals surface area contributed by atoms with Crippen LogP contribution in [0.5, 0.6) is 0 Å². The Morgan fingerprint density at radius 3 is 3.00 bits per heavy atom. The Bertz CT molecular complexity index is 761. The van der Waals surface area contributed by atoms with Crippen LogP contribution in [0.4, 0.5) is 10.6 Å². The van der Waals surface area contributed by atoms with Gasteiger partial charge in [0, 0.05) is 11.0 Å². The number of anilines is 1. The quantitative estimate of drug-likeness (QED) is 0.744. The predicted octanol–water partition coefficient (Wildman–Crippen LogP) is 0.635. The lowest BCUT2D eigenvalue weighted by atomic mass is 10.1. The Morgan fingerprint density at radius 2 is 2.27 bits per heavy atom. The van der Waals surface area contributed by atoms with Crippen LogP contribution < -0.4 is 5.73 Å². The number of hydrogen-bond acceptors (Lipinski definition) is 6. The molecule has 1 aliphatic heterocycles. The third kappa shape index (κ3) is 2.40. The van der Waals surface area contributed by atoms with Crippen molar-refractivity contribution < 1.29 is 19.4 Å². The summed E-state index contributed by atoms with van der Waals surface area (Å²) in [6.07, 6.45) is -0.698. The number of rotatable bonds is 2. The van der Waals surface area contributed by atoms with Gasteiger partial charge in [-0.15, -0.1) is 0 Å². The van der Waals surface area contributed by atoms with Crippen molar-refractivity contribution in [2.24, 2.45) is 0 Å². The van der Waals surface area contributed by atoms with Gasteiger partial charge in [-0.1, -0.05) is 0 Å². The molecule has 0 aliphatic carbocycles. The van der Waals surface area contributed by atoms with E-state index in [2.05, 4.69) is 26.0 Å². The van der Waals surface area contributed by atoms with E-state index in [0.717, 1.165) is 4.90 Å². The minimum Gasteiger partial charge on any atom is -0.465 e. The lowest BCUT2D eigenvalue weighted by molar-refractivity contribution is -0.0114. The summed E-state index contributed by atoms with van der Waals surface area (Å²) < 4.78 is 7.36. The standard InChI is InChI=1S/C12H12BrN5O4/c13-6-3-7(18-9(6)11(14)15-5-16-18)10(19)8-4-17(12(20)21)1-2-22-8/h3,5,8H,1-2,4H2,(H,20,21)(H2,14,15,16). The summed E-state index contributed by atoms with van der Waals surface area (Å²) in [5, 5.41) is 13.1. The lowest BCUT2D eigenvalue weighted by Crippen LogP contribution is -2.48. The van der Waals surface area contributed by atoms with Crippen LogP contribution in [0.1, 0.15) is 10.5 Å². The highest BCUT2D eigenvalue weighted by molar-refractivity contribution is 9.10. The predicted molar refractivity (Wildman–Crippen MR) is 78.8 cm³/mol. The SMILES string of the molecule is Nc1ncnn2c(C(=O)C3CN(C(=O)O)CCO3)cc(Br)c12. The zero-order chi connectivity index (χ0) is 15.9. The van der Waals surface area contributed by atoms with E-state index in [1.165, 1.54) is 10.8 Å². The number of ether oxygens (including phenoxy) is 1. The molecule has 0 aromatic carbocycles. The van der Waals surface area contributed by atoms with Gasteiger partial charge in [-0.05, 0) is 22.0 Å². The molecule has 3 heterocycles. The van der Waals surface area contributed by atoms with Gasteiger partial charge in [0.15, 0.2) is 5.82 Å². The Hall–Kier alpha value is -2.20. The molecular formula is C12H12BrN5O4. The maximum Gasteiger partial charge on any atom is 0.407 e. The summed E-state index contributed by atoms with van der Waals surface area (Å²) in [4.78, 5) is 28.7. The van der Waals surface area contributed by atoms with Crippen molar-refractivity contribution in [1.82, 2.24) is 19.5 Å². The van der Waals surface area contributed by atoms with E-state index in [1.807, 2.05) is 0 Å². The van der Waals surface area contributed by atoms with Gasteiger partial charge < -0.3 is 20.5 Å². The van der Waals surface area contributed by atoms with Gasteiger partial charge in [0.25, 0.3) is 0 Å². The first kappa shape index (κ1) is 14.7. The summed E-state index contributed by atoms with van der Waals surface area (Å²) in [5.74, 6) is -0.123. The number of halogens is 1. The van der Waals surface area contributed by atoms with Gasteiger partial charge in [-0.2, -0.15) is 5.10 Å². The Morgan fingerprint density at radius 1 is 1.50 bits per heavy atom. The number of carbonyl (C=O) groups excluding carboxylic acids is 1. The summed E-state index contributed by atoms with van der Waals surface area (Å²) in [6.45, 7) is 0.400. The molecule has 1 unspecified atom stereocenters. The highest BCUT2D eigenvalue weighted by Gasteiger charge is 2.32. The molecule has 0 spiro atoms. The van der Waals surface area contributed by atoms with Crippen molar-refractivity contribution in [3.8, 4) is 0 Å². The lowest BCUT2D eigenvalue weighted by Gasteiger charge is -2.29. The van der Waals surface area contributed by atoms with Gasteiger partial charge >= 0.3 is 6.09 Å². The van der Waals surface area contributed by atoms with Crippen LogP contribution in [0, 0.1) is 0 Å². The van der Waals surface area contributed by atoms with E-state index in [1.54, 1.807) is 6.07 Å². The van der Waals surface area contributed by atoms with Gasteiger partial charge in [0.2, 0.25) is 5.78 Å². The molecule has 22 heavy (non-hydrogen) atoms. The number of aromatic nitrogens is 3. The molecular weight excluding hydrogens is 358 g/mol. The molecule has 10 heteroatoms. The molecule has 2 aromatic heterocycles. The molecule has 0 radical (unpaired) electrons. The Balaban J connectivity index is 1.96. The molecule has 0 bridgehead atoms. The van der Waals surface area contributed by atoms with Gasteiger partial charge in [0.1, 0.15) is 23.6 Å². The van der Waals surface area contributed by atoms with Crippen LogP contribution in [0.2, 0.25) is 0 Å². The van der Waals surface area contributed by atoms with Crippen LogP contribution in [-0.4, -0.2) is 62.3 Å². The number of nitrogens with two attached hydrogens (primary N) is 1. The van der Waals surface area contributed by atoms with E-state index < -0.39 is 12.2 Å². The Labute approximate surface area is 132 Å². The van der Waals surface area contributed by atoms with E-state index in [-0.39, 0.29) is 37.0 Å². The summed E-state index contributed by atoms with van der Waals surface area (Å²) >= 11 is 3.32. The van der Waals surface area contributed by atoms with Crippen molar-refractivity contribution >= 4 is 39.1 Å². The van der Waals surface area contributed by atoms with Crippen molar-refractivity contribution in [3.05, 3.63) is 22.6 Å². The summed E-state index contributed by atoms with van der Waals surface area (Å²) in [7, 11) is 0. The van der Waals surface area contributed by atoms with Gasteiger partial charge in [-0.3, -0.25) is 4.79 Å². The molecule has 1 fully saturated rings. The van der Waals surface area contributed by atoms with Gasteiger partial charge in [0.05, 0.1) is 13.2 Å². The summed E-state index contributed by atoms with van der Waals surface area (Å²) in [6, 6.07) is 1.58. The highest BCUT2D eigenvalue weighted by atomic mass is 79.9. The van der Waals surface area contributed by atoms with E-state index in [4.69, 9.17) is 15.6 Å². The average Bonchev–Trinajstić information content (AvgIpc) is 2.85. The van der Waals surface area contributed by atoms with Crippen molar-refractivity contribution in [3.63, 3.8) is 0 Å². The van der Waals surface area contributed by atoms with Crippen molar-refractivity contribution in [2.75, 3.05) is 25.4 Å². The normalized spacial score (nSPS) is 18.6. The van der Waals surface area contributed by atoms with Crippen LogP contribution in [0.3, 0.4) is 0 Å². The molecule has 0 saturated carbocycles. The second-order valence-corrected chi connectivity index (χ2v) is 5.59. The Kier molecular flexibility index (Phi) is 3.71. The molecule has 3 N–H and O–H groups in total. The number of morpholine rings is 1. The number of hydrogen-bond donors (Lipinski definition) is 2. The second kappa shape index (κ2) is 5.54. The summed E-state index contributed by atoms with van der Waals surface area (Å²) in [5.41, 5.74) is 6.52. The zero-order valence-electron chi connectivity index (χ0n) is 11.3. The number of amides is 1. The first-order valence-electron chi connectivity index (χ1n) is 6.40. The number of fused-ring (bicyclic) bond motifs is 1. The minimum absolute atomic E-state index is 0.0143. The second-order valence-electron chi connectivity index (χ2n) is 4.74. The number of ketones is 1. The number of Topliss-reactive ketones (excluding diaryl/α,β-unsaturated/α-hetero) is 1. The van der Waals surface area contributed by atoms with Gasteiger partial charge in [-0.25, -0.2) is 14.3 Å². The third-order valence-corrected chi connectivity index (χ3v) is 4.02. The first-order chi connectivity index (χ1) is 10.5. The molecule has 116 valence electrons. The fraction of sp³-hybridized carbons (Fsp3) is 0.333. The average molecular weight is 370 g/mol. The fourth-order valence-electron chi connectivity index (χ4n) is 2.34. The fourth-order valence-corrected chi connectivity index (χ4v) is 2.93. The van der Waals surface area contributed by atoms with Crippen LogP contribution >= 0.6 is 15.9 Å². The number of carbonyl (C=O) groups is 2. The van der Waals surface area contributed by atoms with Crippen LogP contribution in [0.25, 0.3) is 5.52 Å².